The van der Waals surface area contributed by atoms with Crippen LogP contribution in [0, 0.1) is 0 Å². The molecule has 11 aromatic carbocycles. The van der Waals surface area contributed by atoms with Crippen LogP contribution in [0.25, 0.3) is 110 Å². The highest BCUT2D eigenvalue weighted by molar-refractivity contribution is 6.30. The molecule has 11 aromatic rings. The number of hydrogen-bond donors (Lipinski definition) is 0. The van der Waals surface area contributed by atoms with Crippen LogP contribution in [0.15, 0.2) is 206 Å². The first-order valence-corrected chi connectivity index (χ1v) is 25.0. The molecule has 0 bridgehead atoms. The van der Waals surface area contributed by atoms with Crippen molar-refractivity contribution in [3.63, 3.8) is 0 Å². The maximum atomic E-state index is 2.58. The summed E-state index contributed by atoms with van der Waals surface area (Å²) < 4.78 is 0. The van der Waals surface area contributed by atoms with E-state index in [0.717, 1.165) is 25.7 Å². The van der Waals surface area contributed by atoms with Gasteiger partial charge in [-0.3, -0.25) is 0 Å². The lowest BCUT2D eigenvalue weighted by Gasteiger charge is -2.31. The molecule has 0 spiro atoms. The highest BCUT2D eigenvalue weighted by atomic mass is 14.5. The van der Waals surface area contributed by atoms with Crippen molar-refractivity contribution in [2.24, 2.45) is 0 Å². The Balaban J connectivity index is 0.996. The van der Waals surface area contributed by atoms with E-state index in [4.69, 9.17) is 0 Å². The van der Waals surface area contributed by atoms with Crippen molar-refractivity contribution in [3.8, 4) is 66.8 Å². The summed E-state index contributed by atoms with van der Waals surface area (Å²) in [6.45, 7) is 9.55. The van der Waals surface area contributed by atoms with Crippen molar-refractivity contribution in [2.45, 2.75) is 64.2 Å². The highest BCUT2D eigenvalue weighted by Crippen LogP contribution is 2.57. The largest absolute Gasteiger partial charge is 0.0642 e. The first-order valence-electron chi connectivity index (χ1n) is 25.0. The fourth-order valence-corrected chi connectivity index (χ4v) is 13.5. The Labute approximate surface area is 400 Å². The fourth-order valence-electron chi connectivity index (χ4n) is 13.5. The molecule has 13 rings (SSSR count). The smallest absolute Gasteiger partial charge is 0.0210 e. The Kier molecular flexibility index (Phi) is 9.29. The van der Waals surface area contributed by atoms with Gasteiger partial charge in [-0.25, -0.2) is 0 Å². The fraction of sp³-hybridized carbons (Fsp3) is 0.147. The third kappa shape index (κ3) is 5.55. The van der Waals surface area contributed by atoms with E-state index in [9.17, 15) is 0 Å². The van der Waals surface area contributed by atoms with Crippen LogP contribution in [0.1, 0.15) is 75.6 Å². The van der Waals surface area contributed by atoms with Crippen molar-refractivity contribution in [2.75, 3.05) is 0 Å². The van der Waals surface area contributed by atoms with Crippen molar-refractivity contribution in [1.29, 1.82) is 0 Å². The van der Waals surface area contributed by atoms with Gasteiger partial charge in [0.25, 0.3) is 0 Å². The van der Waals surface area contributed by atoms with Gasteiger partial charge in [-0.15, -0.1) is 0 Å². The van der Waals surface area contributed by atoms with Gasteiger partial charge in [0.05, 0.1) is 0 Å². The molecule has 0 saturated carbocycles. The van der Waals surface area contributed by atoms with Crippen LogP contribution < -0.4 is 0 Å². The van der Waals surface area contributed by atoms with Gasteiger partial charge in [0, 0.05) is 10.8 Å². The third-order valence-electron chi connectivity index (χ3n) is 16.8. The average Bonchev–Trinajstić information content (AvgIpc) is 3.85. The molecule has 0 heteroatoms. The molecule has 326 valence electrons. The van der Waals surface area contributed by atoms with Crippen LogP contribution >= 0.6 is 0 Å². The molecule has 2 aliphatic rings. The maximum absolute atomic E-state index is 2.58. The molecule has 0 nitrogen and oxygen atoms in total. The molecule has 0 heterocycles. The monoisotopic (exact) mass is 870 g/mol. The van der Waals surface area contributed by atoms with Crippen LogP contribution in [-0.4, -0.2) is 0 Å². The van der Waals surface area contributed by atoms with Gasteiger partial charge in [0.15, 0.2) is 0 Å². The summed E-state index contributed by atoms with van der Waals surface area (Å²) in [7, 11) is 0. The molecule has 0 saturated heterocycles. The lowest BCUT2D eigenvalue weighted by atomic mass is 9.72. The van der Waals surface area contributed by atoms with E-state index in [1.165, 1.54) is 132 Å². The van der Waals surface area contributed by atoms with Gasteiger partial charge in [-0.1, -0.05) is 216 Å². The first kappa shape index (κ1) is 40.7. The Hall–Kier alpha value is -7.54. The van der Waals surface area contributed by atoms with E-state index < -0.39 is 0 Å². The summed E-state index contributed by atoms with van der Waals surface area (Å²) in [6, 6.07) is 78.7. The van der Waals surface area contributed by atoms with Gasteiger partial charge in [0.2, 0.25) is 0 Å². The molecule has 0 fully saturated rings. The number of fused-ring (bicyclic) bond motifs is 10. The first-order chi connectivity index (χ1) is 33.5. The number of rotatable bonds is 8. The molecular formula is C68H54. The second kappa shape index (κ2) is 15.5. The van der Waals surface area contributed by atoms with Crippen molar-refractivity contribution < 1.29 is 0 Å². The summed E-state index contributed by atoms with van der Waals surface area (Å²) in [5.41, 5.74) is 21.8. The van der Waals surface area contributed by atoms with Crippen molar-refractivity contribution in [3.05, 3.63) is 229 Å². The zero-order valence-corrected chi connectivity index (χ0v) is 39.5. The normalized spacial score (nSPS) is 14.1. The van der Waals surface area contributed by atoms with Crippen LogP contribution in [0.4, 0.5) is 0 Å². The van der Waals surface area contributed by atoms with Crippen LogP contribution in [0.2, 0.25) is 0 Å². The molecule has 0 amide bonds. The van der Waals surface area contributed by atoms with Crippen LogP contribution in [0.3, 0.4) is 0 Å². The minimum Gasteiger partial charge on any atom is -0.0642 e. The van der Waals surface area contributed by atoms with Gasteiger partial charge in [-0.05, 0) is 176 Å². The number of benzene rings is 11. The average molecular weight is 871 g/mol. The molecule has 68 heavy (non-hydrogen) atoms. The standard InChI is InChI=1S/C68H54/c1-5-67(6-2)59-33-21-20-24-47(59)48-37-34-44(40-60(48)67)45-35-38-49-50-39-36-46(42-62(50)68(7-3,8-4)61(49)41-45)64-53-27-14-18-31-57(53)66(58-32-19-15-28-54(58)64)65-55-29-16-12-25-51(55)63(43-22-10-9-11-23-43)52-26-13-17-30-56(52)65/h9-42H,5-8H2,1-4H3. The Morgan fingerprint density at radius 1 is 0.235 bits per heavy atom. The van der Waals surface area contributed by atoms with Crippen molar-refractivity contribution >= 4 is 43.1 Å². The molecule has 0 N–H and O–H groups in total. The molecule has 0 unspecified atom stereocenters. The van der Waals surface area contributed by atoms with E-state index in [-0.39, 0.29) is 10.8 Å². The van der Waals surface area contributed by atoms with Crippen molar-refractivity contribution in [1.82, 2.24) is 0 Å². The SMILES string of the molecule is CCC1(CC)c2ccccc2-c2ccc(-c3ccc4c(c3)C(CC)(CC)c3cc(-c5c6ccccc6c(-c6c7ccccc7c(-c7ccccc7)c7ccccc67)c6ccccc56)ccc3-4)cc21. The molecule has 0 radical (unpaired) electrons. The van der Waals surface area contributed by atoms with Gasteiger partial charge >= 0.3 is 0 Å². The van der Waals surface area contributed by atoms with Crippen LogP contribution in [0.5, 0.6) is 0 Å². The molecular weight excluding hydrogens is 817 g/mol. The van der Waals surface area contributed by atoms with Crippen LogP contribution in [-0.2, 0) is 10.8 Å². The van der Waals surface area contributed by atoms with Gasteiger partial charge < -0.3 is 0 Å². The lowest BCUT2D eigenvalue weighted by molar-refractivity contribution is 0.490. The molecule has 2 aliphatic carbocycles. The minimum atomic E-state index is -0.107. The molecule has 0 atom stereocenters. The van der Waals surface area contributed by atoms with Gasteiger partial charge in [-0.2, -0.15) is 0 Å². The highest BCUT2D eigenvalue weighted by Gasteiger charge is 2.42. The zero-order valence-electron chi connectivity index (χ0n) is 39.5. The summed E-state index contributed by atoms with van der Waals surface area (Å²) in [5.74, 6) is 0. The maximum Gasteiger partial charge on any atom is 0.0210 e. The summed E-state index contributed by atoms with van der Waals surface area (Å²) in [6.07, 6.45) is 4.25. The lowest BCUT2D eigenvalue weighted by Crippen LogP contribution is -2.23. The van der Waals surface area contributed by atoms with E-state index in [2.05, 4.69) is 234 Å². The summed E-state index contributed by atoms with van der Waals surface area (Å²) >= 11 is 0. The second-order valence-electron chi connectivity index (χ2n) is 19.5. The van der Waals surface area contributed by atoms with Gasteiger partial charge in [0.1, 0.15) is 0 Å². The topological polar surface area (TPSA) is 0 Å². The quantitative estimate of drug-likeness (QED) is 0.133. The predicted molar refractivity (Wildman–Crippen MR) is 292 cm³/mol. The Bertz CT molecular complexity index is 3720. The van der Waals surface area contributed by atoms with E-state index >= 15 is 0 Å². The van der Waals surface area contributed by atoms with E-state index in [0.29, 0.717) is 0 Å². The van der Waals surface area contributed by atoms with E-state index in [1.807, 2.05) is 0 Å². The second-order valence-corrected chi connectivity index (χ2v) is 19.5. The molecule has 0 aliphatic heterocycles. The Morgan fingerprint density at radius 2 is 0.529 bits per heavy atom. The summed E-state index contributed by atoms with van der Waals surface area (Å²) in [4.78, 5) is 0. The minimum absolute atomic E-state index is 0.0447. The zero-order chi connectivity index (χ0) is 45.7. The van der Waals surface area contributed by atoms with E-state index in [1.54, 1.807) is 0 Å². The Morgan fingerprint density at radius 3 is 0.941 bits per heavy atom. The molecule has 0 aromatic heterocycles. The third-order valence-corrected chi connectivity index (χ3v) is 16.8. The predicted octanol–water partition coefficient (Wildman–Crippen LogP) is 19.1. The summed E-state index contributed by atoms with van der Waals surface area (Å²) in [5, 5.41) is 10.2. The number of hydrogen-bond acceptors (Lipinski definition) is 0.